The van der Waals surface area contributed by atoms with Crippen LogP contribution in [0.5, 0.6) is 5.75 Å². The molecule has 0 saturated carbocycles. The monoisotopic (exact) mass is 368 g/mol. The molecule has 4 nitrogen and oxygen atoms in total. The highest BCUT2D eigenvalue weighted by Crippen LogP contribution is 2.26. The van der Waals surface area contributed by atoms with E-state index in [2.05, 4.69) is 6.92 Å². The van der Waals surface area contributed by atoms with Crippen molar-refractivity contribution < 1.29 is 19.1 Å². The first-order valence-electron chi connectivity index (χ1n) is 9.61. The van der Waals surface area contributed by atoms with Crippen molar-refractivity contribution in [3.63, 3.8) is 0 Å². The second-order valence-electron chi connectivity index (χ2n) is 6.86. The first-order chi connectivity index (χ1) is 13.0. The third-order valence-electron chi connectivity index (χ3n) is 4.31. The highest BCUT2D eigenvalue weighted by Gasteiger charge is 2.15. The minimum atomic E-state index is -0.485. The Labute approximate surface area is 161 Å². The maximum Gasteiger partial charge on any atom is 0.343 e. The van der Waals surface area contributed by atoms with Gasteiger partial charge >= 0.3 is 11.9 Å². The summed E-state index contributed by atoms with van der Waals surface area (Å²) in [4.78, 5) is 24.7. The molecule has 0 amide bonds. The maximum absolute atomic E-state index is 12.5. The standard InChI is InChI=1S/C23H28O4/c1-4-5-6-9-15-26-22(24)18-11-10-12-19(16-18)23(25)27-21-14-8-7-13-20(21)17(2)3/h7-8,10-14,16-17H,4-6,9,15H2,1-3H3. The first kappa shape index (κ1) is 20.7. The number of benzene rings is 2. The lowest BCUT2D eigenvalue weighted by molar-refractivity contribution is 0.0498. The molecule has 27 heavy (non-hydrogen) atoms. The van der Waals surface area contributed by atoms with Crippen LogP contribution in [-0.2, 0) is 4.74 Å². The summed E-state index contributed by atoms with van der Waals surface area (Å²) < 4.78 is 10.8. The predicted molar refractivity (Wildman–Crippen MR) is 106 cm³/mol. The Hall–Kier alpha value is -2.62. The zero-order valence-electron chi connectivity index (χ0n) is 16.4. The quantitative estimate of drug-likeness (QED) is 0.320. The predicted octanol–water partition coefficient (Wildman–Crippen LogP) is 5.77. The molecule has 0 spiro atoms. The summed E-state index contributed by atoms with van der Waals surface area (Å²) in [5, 5.41) is 0. The fourth-order valence-corrected chi connectivity index (χ4v) is 2.76. The first-order valence-corrected chi connectivity index (χ1v) is 9.61. The van der Waals surface area contributed by atoms with Gasteiger partial charge in [0.05, 0.1) is 17.7 Å². The van der Waals surface area contributed by atoms with Crippen molar-refractivity contribution in [1.82, 2.24) is 0 Å². The van der Waals surface area contributed by atoms with Gasteiger partial charge < -0.3 is 9.47 Å². The minimum Gasteiger partial charge on any atom is -0.462 e. The molecular formula is C23H28O4. The largest absolute Gasteiger partial charge is 0.462 e. The number of rotatable bonds is 9. The van der Waals surface area contributed by atoms with Gasteiger partial charge in [-0.05, 0) is 42.2 Å². The Morgan fingerprint density at radius 3 is 2.30 bits per heavy atom. The van der Waals surface area contributed by atoms with Gasteiger partial charge in [-0.15, -0.1) is 0 Å². The second-order valence-corrected chi connectivity index (χ2v) is 6.86. The van der Waals surface area contributed by atoms with Gasteiger partial charge in [0.15, 0.2) is 0 Å². The summed E-state index contributed by atoms with van der Waals surface area (Å²) in [5.41, 5.74) is 1.65. The van der Waals surface area contributed by atoms with E-state index in [0.717, 1.165) is 31.2 Å². The van der Waals surface area contributed by atoms with Crippen LogP contribution in [0, 0.1) is 0 Å². The molecule has 0 fully saturated rings. The van der Waals surface area contributed by atoms with E-state index < -0.39 is 11.9 Å². The summed E-state index contributed by atoms with van der Waals surface area (Å²) in [6.45, 7) is 6.62. The Balaban J connectivity index is 2.02. The highest BCUT2D eigenvalue weighted by atomic mass is 16.5. The van der Waals surface area contributed by atoms with Gasteiger partial charge in [-0.1, -0.05) is 64.3 Å². The van der Waals surface area contributed by atoms with E-state index in [1.165, 1.54) is 6.07 Å². The maximum atomic E-state index is 12.5. The van der Waals surface area contributed by atoms with E-state index in [9.17, 15) is 9.59 Å². The van der Waals surface area contributed by atoms with Gasteiger partial charge in [0.25, 0.3) is 0 Å². The van der Waals surface area contributed by atoms with Gasteiger partial charge in [0, 0.05) is 0 Å². The Morgan fingerprint density at radius 1 is 0.889 bits per heavy atom. The molecule has 144 valence electrons. The van der Waals surface area contributed by atoms with Crippen molar-refractivity contribution in [2.24, 2.45) is 0 Å². The lowest BCUT2D eigenvalue weighted by atomic mass is 10.0. The molecule has 0 unspecified atom stereocenters. The molecule has 2 aromatic rings. The number of hydrogen-bond acceptors (Lipinski definition) is 4. The molecule has 0 aliphatic carbocycles. The van der Waals surface area contributed by atoms with Crippen molar-refractivity contribution >= 4 is 11.9 Å². The van der Waals surface area contributed by atoms with Crippen molar-refractivity contribution in [3.8, 4) is 5.75 Å². The van der Waals surface area contributed by atoms with Crippen LogP contribution in [0.15, 0.2) is 48.5 Å². The fourth-order valence-electron chi connectivity index (χ4n) is 2.76. The molecule has 2 aromatic carbocycles. The Morgan fingerprint density at radius 2 is 1.59 bits per heavy atom. The summed E-state index contributed by atoms with van der Waals surface area (Å²) in [6, 6.07) is 13.9. The van der Waals surface area contributed by atoms with Gasteiger partial charge in [-0.25, -0.2) is 9.59 Å². The van der Waals surface area contributed by atoms with E-state index in [1.54, 1.807) is 24.3 Å². The third kappa shape index (κ3) is 6.24. The third-order valence-corrected chi connectivity index (χ3v) is 4.31. The lowest BCUT2D eigenvalue weighted by Gasteiger charge is -2.12. The molecule has 0 bridgehead atoms. The molecule has 0 atom stereocenters. The van der Waals surface area contributed by atoms with E-state index >= 15 is 0 Å². The molecule has 0 radical (unpaired) electrons. The number of para-hydroxylation sites is 1. The number of unbranched alkanes of at least 4 members (excludes halogenated alkanes) is 3. The van der Waals surface area contributed by atoms with Gasteiger partial charge in [0.2, 0.25) is 0 Å². The van der Waals surface area contributed by atoms with Gasteiger partial charge in [0.1, 0.15) is 5.75 Å². The highest BCUT2D eigenvalue weighted by molar-refractivity contribution is 5.96. The van der Waals surface area contributed by atoms with Crippen molar-refractivity contribution in [2.75, 3.05) is 6.61 Å². The summed E-state index contributed by atoms with van der Waals surface area (Å²) in [6.07, 6.45) is 4.17. The van der Waals surface area contributed by atoms with Gasteiger partial charge in [-0.2, -0.15) is 0 Å². The fraction of sp³-hybridized carbons (Fsp3) is 0.391. The molecule has 0 N–H and O–H groups in total. The van der Waals surface area contributed by atoms with Crippen molar-refractivity contribution in [3.05, 3.63) is 65.2 Å². The Kier molecular flexibility index (Phi) is 8.05. The summed E-state index contributed by atoms with van der Waals surface area (Å²) in [7, 11) is 0. The topological polar surface area (TPSA) is 52.6 Å². The minimum absolute atomic E-state index is 0.239. The van der Waals surface area contributed by atoms with Crippen LogP contribution in [0.1, 0.15) is 78.7 Å². The van der Waals surface area contributed by atoms with Crippen LogP contribution in [0.4, 0.5) is 0 Å². The summed E-state index contributed by atoms with van der Waals surface area (Å²) >= 11 is 0. The second kappa shape index (κ2) is 10.5. The molecule has 4 heteroatoms. The number of carbonyl (C=O) groups excluding carboxylic acids is 2. The average molecular weight is 368 g/mol. The molecule has 0 aliphatic rings. The summed E-state index contributed by atoms with van der Waals surface area (Å²) in [5.74, 6) is -0.117. The number of esters is 2. The number of carbonyl (C=O) groups is 2. The average Bonchev–Trinajstić information content (AvgIpc) is 2.68. The molecule has 0 heterocycles. The zero-order valence-corrected chi connectivity index (χ0v) is 16.4. The number of hydrogen-bond donors (Lipinski definition) is 0. The van der Waals surface area contributed by atoms with Crippen molar-refractivity contribution in [2.45, 2.75) is 52.4 Å². The van der Waals surface area contributed by atoms with Crippen LogP contribution in [0.25, 0.3) is 0 Å². The molecule has 2 rings (SSSR count). The smallest absolute Gasteiger partial charge is 0.343 e. The van der Waals surface area contributed by atoms with Gasteiger partial charge in [-0.3, -0.25) is 0 Å². The molecule has 0 aromatic heterocycles. The van der Waals surface area contributed by atoms with E-state index in [0.29, 0.717) is 23.5 Å². The molecule has 0 saturated heterocycles. The molecular weight excluding hydrogens is 340 g/mol. The SMILES string of the molecule is CCCCCCOC(=O)c1cccc(C(=O)Oc2ccccc2C(C)C)c1. The van der Waals surface area contributed by atoms with Crippen LogP contribution >= 0.6 is 0 Å². The lowest BCUT2D eigenvalue weighted by Crippen LogP contribution is -2.12. The van der Waals surface area contributed by atoms with E-state index in [4.69, 9.17) is 9.47 Å². The zero-order chi connectivity index (χ0) is 19.6. The normalized spacial score (nSPS) is 10.7. The van der Waals surface area contributed by atoms with E-state index in [1.807, 2.05) is 32.0 Å². The Bertz CT molecular complexity index is 764. The van der Waals surface area contributed by atoms with Crippen LogP contribution in [-0.4, -0.2) is 18.5 Å². The van der Waals surface area contributed by atoms with E-state index in [-0.39, 0.29) is 5.92 Å². The number of ether oxygens (including phenoxy) is 2. The van der Waals surface area contributed by atoms with Crippen LogP contribution < -0.4 is 4.74 Å². The van der Waals surface area contributed by atoms with Crippen LogP contribution in [0.2, 0.25) is 0 Å². The van der Waals surface area contributed by atoms with Crippen LogP contribution in [0.3, 0.4) is 0 Å². The van der Waals surface area contributed by atoms with Crippen molar-refractivity contribution in [1.29, 1.82) is 0 Å². The molecule has 0 aliphatic heterocycles.